The molecule has 0 unspecified atom stereocenters. The third-order valence-electron chi connectivity index (χ3n) is 8.42. The Labute approximate surface area is 252 Å². The van der Waals surface area contributed by atoms with Gasteiger partial charge in [0.25, 0.3) is 0 Å². The van der Waals surface area contributed by atoms with Crippen LogP contribution in [0.3, 0.4) is 0 Å². The molecule has 234 valence electrons. The molecular formula is C31H34F3N5O5. The quantitative estimate of drug-likeness (QED) is 0.342. The van der Waals surface area contributed by atoms with Gasteiger partial charge in [0.05, 0.1) is 24.3 Å². The summed E-state index contributed by atoms with van der Waals surface area (Å²) in [6.07, 6.45) is -1.93. The first-order valence-electron chi connectivity index (χ1n) is 14.7. The molecule has 3 N–H and O–H groups in total. The molecule has 6 rings (SSSR count). The number of halogens is 3. The topological polar surface area (TPSA) is 123 Å². The van der Waals surface area contributed by atoms with Crippen molar-refractivity contribution in [3.63, 3.8) is 0 Å². The summed E-state index contributed by atoms with van der Waals surface area (Å²) in [5.74, 6) is 0.483. The van der Waals surface area contributed by atoms with Crippen molar-refractivity contribution in [1.29, 1.82) is 0 Å². The van der Waals surface area contributed by atoms with Gasteiger partial charge in [-0.3, -0.25) is 9.69 Å². The largest absolute Gasteiger partial charge is 0.573 e. The first-order valence-corrected chi connectivity index (χ1v) is 14.7. The highest BCUT2D eigenvalue weighted by atomic mass is 19.4. The van der Waals surface area contributed by atoms with Gasteiger partial charge in [0.15, 0.2) is 0 Å². The molecule has 2 heterocycles. The molecule has 44 heavy (non-hydrogen) atoms. The first-order chi connectivity index (χ1) is 21.1. The second-order valence-corrected chi connectivity index (χ2v) is 11.4. The van der Waals surface area contributed by atoms with Gasteiger partial charge in [0.2, 0.25) is 5.95 Å². The normalized spacial score (nSPS) is 19.9. The van der Waals surface area contributed by atoms with E-state index in [0.717, 1.165) is 73.8 Å². The third kappa shape index (κ3) is 6.99. The lowest BCUT2D eigenvalue weighted by atomic mass is 9.82. The van der Waals surface area contributed by atoms with E-state index in [1.165, 1.54) is 24.3 Å². The average molecular weight is 614 g/mol. The van der Waals surface area contributed by atoms with Crippen LogP contribution in [0, 0.1) is 5.92 Å². The zero-order valence-corrected chi connectivity index (χ0v) is 24.1. The van der Waals surface area contributed by atoms with Gasteiger partial charge in [-0.05, 0) is 67.1 Å². The number of fused-ring (bicyclic) bond motifs is 3. The molecule has 0 atom stereocenters. The van der Waals surface area contributed by atoms with E-state index in [9.17, 15) is 18.0 Å². The maximum Gasteiger partial charge on any atom is 0.573 e. The molecule has 3 aliphatic rings. The molecule has 1 aliphatic heterocycles. The number of carbonyl (C=O) groups is 1. The van der Waals surface area contributed by atoms with Crippen LogP contribution in [0.5, 0.6) is 11.5 Å². The van der Waals surface area contributed by atoms with Crippen LogP contribution in [-0.4, -0.2) is 77.7 Å². The Morgan fingerprint density at radius 1 is 1.00 bits per heavy atom. The Kier molecular flexibility index (Phi) is 8.50. The van der Waals surface area contributed by atoms with Crippen molar-refractivity contribution in [2.45, 2.75) is 44.8 Å². The number of nitrogen functional groups attached to an aromatic ring is 1. The Morgan fingerprint density at radius 3 is 2.43 bits per heavy atom. The van der Waals surface area contributed by atoms with Gasteiger partial charge in [-0.25, -0.2) is 4.98 Å². The maximum atomic E-state index is 12.4. The number of alkyl halides is 3. The van der Waals surface area contributed by atoms with E-state index in [1.54, 1.807) is 0 Å². The Balaban J connectivity index is 1.05. The smallest absolute Gasteiger partial charge is 0.489 e. The van der Waals surface area contributed by atoms with Gasteiger partial charge in [-0.1, -0.05) is 12.1 Å². The maximum absolute atomic E-state index is 12.4. The minimum atomic E-state index is -4.73. The van der Waals surface area contributed by atoms with E-state index < -0.39 is 12.3 Å². The summed E-state index contributed by atoms with van der Waals surface area (Å²) in [6, 6.07) is 11.4. The molecule has 1 saturated carbocycles. The number of rotatable bonds is 10. The van der Waals surface area contributed by atoms with E-state index in [4.69, 9.17) is 20.3 Å². The summed E-state index contributed by atoms with van der Waals surface area (Å²) < 4.78 is 52.9. The monoisotopic (exact) mass is 613 g/mol. The van der Waals surface area contributed by atoms with Gasteiger partial charge >= 0.3 is 12.3 Å². The van der Waals surface area contributed by atoms with Crippen LogP contribution >= 0.6 is 0 Å². The predicted molar refractivity (Wildman–Crippen MR) is 155 cm³/mol. The van der Waals surface area contributed by atoms with Crippen LogP contribution in [0.2, 0.25) is 0 Å². The number of benzene rings is 2. The number of nitrogens with two attached hydrogens (primary N) is 1. The van der Waals surface area contributed by atoms with Crippen molar-refractivity contribution >= 4 is 17.7 Å². The second kappa shape index (κ2) is 12.5. The highest BCUT2D eigenvalue weighted by molar-refractivity contribution is 5.76. The fourth-order valence-electron chi connectivity index (χ4n) is 5.95. The van der Waals surface area contributed by atoms with Crippen LogP contribution in [0.25, 0.3) is 11.3 Å². The molecule has 0 radical (unpaired) electrons. The number of anilines is 2. The molecule has 2 fully saturated rings. The summed E-state index contributed by atoms with van der Waals surface area (Å²) in [6.45, 7) is 4.93. The lowest BCUT2D eigenvalue weighted by molar-refractivity contribution is -0.274. The van der Waals surface area contributed by atoms with Crippen molar-refractivity contribution < 1.29 is 37.3 Å². The zero-order valence-electron chi connectivity index (χ0n) is 24.1. The highest BCUT2D eigenvalue weighted by Gasteiger charge is 2.35. The van der Waals surface area contributed by atoms with Gasteiger partial charge < -0.3 is 30.0 Å². The Hall–Kier alpha value is -4.10. The summed E-state index contributed by atoms with van der Waals surface area (Å²) >= 11 is 0. The molecule has 1 saturated heterocycles. The molecule has 10 nitrogen and oxygen atoms in total. The van der Waals surface area contributed by atoms with E-state index in [-0.39, 0.29) is 30.3 Å². The van der Waals surface area contributed by atoms with Gasteiger partial charge in [-0.2, -0.15) is 4.98 Å². The first kappa shape index (κ1) is 29.9. The molecule has 2 aromatic carbocycles. The second-order valence-electron chi connectivity index (χ2n) is 11.4. The lowest BCUT2D eigenvalue weighted by Gasteiger charge is -2.38. The van der Waals surface area contributed by atoms with Crippen LogP contribution in [0.4, 0.5) is 24.9 Å². The summed E-state index contributed by atoms with van der Waals surface area (Å²) in [5, 5.41) is 9.02. The fraction of sp³-hybridized carbons (Fsp3) is 0.452. The van der Waals surface area contributed by atoms with Crippen molar-refractivity contribution in [2.75, 3.05) is 50.0 Å². The van der Waals surface area contributed by atoms with Crippen LogP contribution in [0.1, 0.15) is 29.5 Å². The number of nitrogens with zero attached hydrogens (tertiary/aromatic N) is 4. The van der Waals surface area contributed by atoms with Crippen molar-refractivity contribution in [3.8, 4) is 22.8 Å². The van der Waals surface area contributed by atoms with Crippen LogP contribution in [0.15, 0.2) is 42.5 Å². The number of aromatic nitrogens is 2. The number of aliphatic carboxylic acids is 1. The van der Waals surface area contributed by atoms with E-state index in [1.807, 2.05) is 18.2 Å². The van der Waals surface area contributed by atoms with Crippen molar-refractivity contribution in [3.05, 3.63) is 59.2 Å². The van der Waals surface area contributed by atoms with Crippen molar-refractivity contribution in [1.82, 2.24) is 14.9 Å². The van der Waals surface area contributed by atoms with E-state index in [2.05, 4.69) is 24.5 Å². The van der Waals surface area contributed by atoms with E-state index in [0.29, 0.717) is 30.8 Å². The summed E-state index contributed by atoms with van der Waals surface area (Å²) in [5.41, 5.74) is 10.9. The van der Waals surface area contributed by atoms with E-state index >= 15 is 0 Å². The summed E-state index contributed by atoms with van der Waals surface area (Å²) in [7, 11) is 0. The summed E-state index contributed by atoms with van der Waals surface area (Å²) in [4.78, 5) is 24.8. The highest BCUT2D eigenvalue weighted by Crippen LogP contribution is 2.39. The average Bonchev–Trinajstić information content (AvgIpc) is 2.96. The molecule has 13 heteroatoms. The third-order valence-corrected chi connectivity index (χ3v) is 8.42. The molecule has 2 aliphatic carbocycles. The van der Waals surface area contributed by atoms with Gasteiger partial charge in [0.1, 0.15) is 23.9 Å². The standard InChI is InChI=1S/C31H34F3N5O5/c32-31(33,34)44-22-4-1-19(2-5-22)18-43-23-6-8-25-20(15-23)3-7-26-27(25)36-30(35)37-28(26)39-11-9-38(10-12-39)13-14-42-24-16-21(17-24)29(40)41/h1-2,4-6,8,15,21,24H,3,7,9-14,16-18H2,(H,40,41)(H2,35,36,37)/t21-,24-. The molecule has 0 bridgehead atoms. The van der Waals surface area contributed by atoms with Crippen LogP contribution in [-0.2, 0) is 29.0 Å². The molecule has 0 amide bonds. The number of ether oxygens (including phenoxy) is 3. The van der Waals surface area contributed by atoms with Gasteiger partial charge in [0, 0.05) is 43.9 Å². The lowest BCUT2D eigenvalue weighted by Crippen LogP contribution is -2.48. The number of carboxylic acids is 1. The number of carboxylic acid groups (broad SMARTS) is 1. The molecular weight excluding hydrogens is 579 g/mol. The van der Waals surface area contributed by atoms with Crippen LogP contribution < -0.4 is 20.1 Å². The molecule has 1 aromatic heterocycles. The zero-order chi connectivity index (χ0) is 30.8. The minimum Gasteiger partial charge on any atom is -0.489 e. The Morgan fingerprint density at radius 2 is 1.73 bits per heavy atom. The van der Waals surface area contributed by atoms with Crippen molar-refractivity contribution in [2.24, 2.45) is 5.92 Å². The molecule has 3 aromatic rings. The Bertz CT molecular complexity index is 1490. The van der Waals surface area contributed by atoms with Gasteiger partial charge in [-0.15, -0.1) is 13.2 Å². The molecule has 0 spiro atoms. The number of hydrogen-bond donors (Lipinski definition) is 2. The SMILES string of the molecule is Nc1nc2c(c(N3CCN(CCO[C@H]4C[C@H](C(=O)O)C4)CC3)n1)CCc1cc(OCc3ccc(OC(F)(F)F)cc3)ccc1-2. The predicted octanol–water partition coefficient (Wildman–Crippen LogP) is 4.30. The number of hydrogen-bond acceptors (Lipinski definition) is 9. The number of aryl methyl sites for hydroxylation is 1. The minimum absolute atomic E-state index is 0.0564. The number of piperazine rings is 1. The fourth-order valence-corrected chi connectivity index (χ4v) is 5.95.